The largest absolute Gasteiger partial charge is 0.370 e. The Morgan fingerprint density at radius 1 is 1.22 bits per heavy atom. The first-order valence-electron chi connectivity index (χ1n) is 6.60. The second-order valence-electron chi connectivity index (χ2n) is 5.28. The fourth-order valence-corrected chi connectivity index (χ4v) is 2.73. The minimum Gasteiger partial charge on any atom is -0.370 e. The van der Waals surface area contributed by atoms with Crippen LogP contribution in [0.3, 0.4) is 0 Å². The molecule has 1 N–H and O–H groups in total. The molecule has 2 nitrogen and oxygen atoms in total. The molecule has 18 heavy (non-hydrogen) atoms. The molecule has 0 amide bonds. The molecule has 1 aliphatic rings. The van der Waals surface area contributed by atoms with E-state index in [0.717, 1.165) is 29.5 Å². The minimum atomic E-state index is -0.0846. The normalized spacial score (nSPS) is 25.2. The van der Waals surface area contributed by atoms with E-state index in [-0.39, 0.29) is 6.04 Å². The lowest BCUT2D eigenvalue weighted by Gasteiger charge is -2.30. The van der Waals surface area contributed by atoms with E-state index in [1.54, 1.807) is 0 Å². The van der Waals surface area contributed by atoms with Gasteiger partial charge in [0.1, 0.15) is 6.04 Å². The average molecular weight is 263 g/mol. The second kappa shape index (κ2) is 6.11. The monoisotopic (exact) mass is 262 g/mol. The fourth-order valence-electron chi connectivity index (χ4n) is 2.60. The molecule has 0 saturated heterocycles. The van der Waals surface area contributed by atoms with Crippen LogP contribution in [0.1, 0.15) is 32.6 Å². The van der Waals surface area contributed by atoms with E-state index < -0.39 is 0 Å². The van der Waals surface area contributed by atoms with Crippen molar-refractivity contribution in [1.82, 2.24) is 0 Å². The van der Waals surface area contributed by atoms with Crippen LogP contribution in [0.2, 0.25) is 5.02 Å². The summed E-state index contributed by atoms with van der Waals surface area (Å²) in [5.74, 6) is 1.29. The van der Waals surface area contributed by atoms with Gasteiger partial charge in [0.2, 0.25) is 0 Å². The van der Waals surface area contributed by atoms with Crippen LogP contribution in [0.4, 0.5) is 5.69 Å². The van der Waals surface area contributed by atoms with Crippen LogP contribution in [-0.2, 0) is 0 Å². The molecule has 1 saturated carbocycles. The quantitative estimate of drug-likeness (QED) is 0.872. The topological polar surface area (TPSA) is 35.8 Å². The summed E-state index contributed by atoms with van der Waals surface area (Å²) in [5, 5.41) is 13.4. The molecule has 1 unspecified atom stereocenters. The SMILES string of the molecule is CC1CCC(C(C#N)Nc2ccc(Cl)cc2)CC1. The third-order valence-electron chi connectivity index (χ3n) is 3.84. The van der Waals surface area contributed by atoms with Crippen molar-refractivity contribution >= 4 is 17.3 Å². The van der Waals surface area contributed by atoms with Crippen molar-refractivity contribution in [1.29, 1.82) is 5.26 Å². The van der Waals surface area contributed by atoms with Gasteiger partial charge in [0.15, 0.2) is 0 Å². The lowest BCUT2D eigenvalue weighted by atomic mass is 9.79. The molecule has 0 heterocycles. The van der Waals surface area contributed by atoms with E-state index in [9.17, 15) is 5.26 Å². The lowest BCUT2D eigenvalue weighted by molar-refractivity contribution is 0.282. The number of nitrogens with zero attached hydrogens (tertiary/aromatic N) is 1. The molecule has 1 aromatic rings. The van der Waals surface area contributed by atoms with Gasteiger partial charge in [-0.2, -0.15) is 5.26 Å². The van der Waals surface area contributed by atoms with Gasteiger partial charge in [0.25, 0.3) is 0 Å². The molecule has 0 aliphatic heterocycles. The van der Waals surface area contributed by atoms with Gasteiger partial charge in [-0.1, -0.05) is 31.4 Å². The zero-order valence-electron chi connectivity index (χ0n) is 10.7. The molecule has 0 radical (unpaired) electrons. The van der Waals surface area contributed by atoms with E-state index in [0.29, 0.717) is 5.92 Å². The Balaban J connectivity index is 1.97. The summed E-state index contributed by atoms with van der Waals surface area (Å²) in [6.45, 7) is 2.30. The summed E-state index contributed by atoms with van der Waals surface area (Å²) in [4.78, 5) is 0. The van der Waals surface area contributed by atoms with Gasteiger partial charge in [-0.15, -0.1) is 0 Å². The molecule has 96 valence electrons. The highest BCUT2D eigenvalue weighted by atomic mass is 35.5. The van der Waals surface area contributed by atoms with Gasteiger partial charge < -0.3 is 5.32 Å². The van der Waals surface area contributed by atoms with Crippen LogP contribution in [0.15, 0.2) is 24.3 Å². The van der Waals surface area contributed by atoms with E-state index in [1.807, 2.05) is 24.3 Å². The van der Waals surface area contributed by atoms with Gasteiger partial charge in [-0.25, -0.2) is 0 Å². The van der Waals surface area contributed by atoms with Crippen molar-refractivity contribution < 1.29 is 0 Å². The maximum atomic E-state index is 9.32. The zero-order chi connectivity index (χ0) is 13.0. The number of rotatable bonds is 3. The summed E-state index contributed by atoms with van der Waals surface area (Å²) in [5.41, 5.74) is 0.976. The van der Waals surface area contributed by atoms with Crippen molar-refractivity contribution in [3.8, 4) is 6.07 Å². The number of hydrogen-bond donors (Lipinski definition) is 1. The second-order valence-corrected chi connectivity index (χ2v) is 5.71. The minimum absolute atomic E-state index is 0.0846. The van der Waals surface area contributed by atoms with Crippen molar-refractivity contribution in [2.75, 3.05) is 5.32 Å². The lowest BCUT2D eigenvalue weighted by Crippen LogP contribution is -2.30. The average Bonchev–Trinajstić information content (AvgIpc) is 2.39. The molecule has 0 bridgehead atoms. The third-order valence-corrected chi connectivity index (χ3v) is 4.09. The Labute approximate surface area is 114 Å². The number of hydrogen-bond acceptors (Lipinski definition) is 2. The molecular formula is C15H19ClN2. The summed E-state index contributed by atoms with van der Waals surface area (Å²) >= 11 is 5.85. The first-order chi connectivity index (χ1) is 8.69. The predicted molar refractivity (Wildman–Crippen MR) is 75.6 cm³/mol. The van der Waals surface area contributed by atoms with Gasteiger partial charge >= 0.3 is 0 Å². The third kappa shape index (κ3) is 3.40. The molecular weight excluding hydrogens is 244 g/mol. The van der Waals surface area contributed by atoms with E-state index >= 15 is 0 Å². The molecule has 3 heteroatoms. The highest BCUT2D eigenvalue weighted by Crippen LogP contribution is 2.31. The van der Waals surface area contributed by atoms with Crippen molar-refractivity contribution in [2.24, 2.45) is 11.8 Å². The van der Waals surface area contributed by atoms with Crippen LogP contribution >= 0.6 is 11.6 Å². The Morgan fingerprint density at radius 3 is 2.39 bits per heavy atom. The van der Waals surface area contributed by atoms with Crippen LogP contribution in [0.5, 0.6) is 0 Å². The molecule has 1 fully saturated rings. The number of nitrogens with one attached hydrogen (secondary N) is 1. The van der Waals surface area contributed by atoms with Crippen LogP contribution in [0.25, 0.3) is 0 Å². The maximum Gasteiger partial charge on any atom is 0.117 e. The van der Waals surface area contributed by atoms with Crippen LogP contribution < -0.4 is 5.32 Å². The standard InChI is InChI=1S/C15H19ClN2/c1-11-2-4-12(5-3-11)15(10-17)18-14-8-6-13(16)7-9-14/h6-9,11-12,15,18H,2-5H2,1H3. The van der Waals surface area contributed by atoms with E-state index in [1.165, 1.54) is 12.8 Å². The van der Waals surface area contributed by atoms with Crippen molar-refractivity contribution in [3.63, 3.8) is 0 Å². The van der Waals surface area contributed by atoms with Gasteiger partial charge in [-0.05, 0) is 48.9 Å². The summed E-state index contributed by atoms with van der Waals surface area (Å²) in [7, 11) is 0. The number of benzene rings is 1. The summed E-state index contributed by atoms with van der Waals surface area (Å²) in [6, 6.07) is 9.88. The number of nitriles is 1. The first kappa shape index (κ1) is 13.2. The first-order valence-corrected chi connectivity index (χ1v) is 6.98. The molecule has 1 aromatic carbocycles. The predicted octanol–water partition coefficient (Wildman–Crippen LogP) is 4.47. The molecule has 0 spiro atoms. The zero-order valence-corrected chi connectivity index (χ0v) is 11.5. The molecule has 0 aromatic heterocycles. The fraction of sp³-hybridized carbons (Fsp3) is 0.533. The van der Waals surface area contributed by atoms with Crippen molar-refractivity contribution in [3.05, 3.63) is 29.3 Å². The van der Waals surface area contributed by atoms with Gasteiger partial charge in [0, 0.05) is 10.7 Å². The summed E-state index contributed by atoms with van der Waals surface area (Å²) in [6.07, 6.45) is 4.79. The molecule has 1 aliphatic carbocycles. The molecule has 2 rings (SSSR count). The molecule has 1 atom stereocenters. The maximum absolute atomic E-state index is 9.32. The number of halogens is 1. The smallest absolute Gasteiger partial charge is 0.117 e. The van der Waals surface area contributed by atoms with Gasteiger partial charge in [-0.3, -0.25) is 0 Å². The van der Waals surface area contributed by atoms with Crippen LogP contribution in [0, 0.1) is 23.2 Å². The summed E-state index contributed by atoms with van der Waals surface area (Å²) < 4.78 is 0. The van der Waals surface area contributed by atoms with Gasteiger partial charge in [0.05, 0.1) is 6.07 Å². The van der Waals surface area contributed by atoms with Crippen molar-refractivity contribution in [2.45, 2.75) is 38.6 Å². The Bertz CT molecular complexity index is 413. The Morgan fingerprint density at radius 2 is 1.83 bits per heavy atom. The highest BCUT2D eigenvalue weighted by molar-refractivity contribution is 6.30. The van der Waals surface area contributed by atoms with Crippen LogP contribution in [-0.4, -0.2) is 6.04 Å². The number of anilines is 1. The van der Waals surface area contributed by atoms with E-state index in [4.69, 9.17) is 11.6 Å². The highest BCUT2D eigenvalue weighted by Gasteiger charge is 2.25. The Hall–Kier alpha value is -1.20. The van der Waals surface area contributed by atoms with E-state index in [2.05, 4.69) is 18.3 Å². The Kier molecular flexibility index (Phi) is 4.49.